The summed E-state index contributed by atoms with van der Waals surface area (Å²) in [5.41, 5.74) is 9.21. The number of anilines is 2. The molecule has 0 bridgehead atoms. The molecular formula is C16H20N2O2S. The lowest BCUT2D eigenvalue weighted by Gasteiger charge is -2.14. The SMILES string of the molecule is CCc1cccc(NS(=O)(=O)c2c(C)ccc(N)c2C)c1. The zero-order valence-electron chi connectivity index (χ0n) is 12.5. The average Bonchev–Trinajstić information content (AvgIpc) is 2.42. The van der Waals surface area contributed by atoms with Crippen molar-refractivity contribution in [3.63, 3.8) is 0 Å². The number of sulfonamides is 1. The van der Waals surface area contributed by atoms with Crippen LogP contribution in [-0.2, 0) is 16.4 Å². The molecule has 0 aliphatic rings. The normalized spacial score (nSPS) is 11.4. The fourth-order valence-corrected chi connectivity index (χ4v) is 3.87. The standard InChI is InChI=1S/C16H20N2O2S/c1-4-13-6-5-7-14(10-13)18-21(19,20)16-11(2)8-9-15(17)12(16)3/h5-10,18H,4,17H2,1-3H3. The summed E-state index contributed by atoms with van der Waals surface area (Å²) >= 11 is 0. The predicted octanol–water partition coefficient (Wildman–Crippen LogP) is 3.25. The lowest BCUT2D eigenvalue weighted by molar-refractivity contribution is 0.600. The summed E-state index contributed by atoms with van der Waals surface area (Å²) in [5.74, 6) is 0. The van der Waals surface area contributed by atoms with Crippen molar-refractivity contribution in [3.05, 3.63) is 53.1 Å². The van der Waals surface area contributed by atoms with E-state index in [1.807, 2.05) is 25.1 Å². The zero-order chi connectivity index (χ0) is 15.6. The summed E-state index contributed by atoms with van der Waals surface area (Å²) in [6, 6.07) is 10.8. The van der Waals surface area contributed by atoms with E-state index in [9.17, 15) is 8.42 Å². The van der Waals surface area contributed by atoms with Gasteiger partial charge >= 0.3 is 0 Å². The third-order valence-electron chi connectivity index (χ3n) is 3.50. The Hall–Kier alpha value is -2.01. The molecule has 21 heavy (non-hydrogen) atoms. The molecule has 0 saturated carbocycles. The van der Waals surface area contributed by atoms with E-state index in [-0.39, 0.29) is 4.90 Å². The van der Waals surface area contributed by atoms with E-state index < -0.39 is 10.0 Å². The van der Waals surface area contributed by atoms with Gasteiger partial charge in [-0.2, -0.15) is 0 Å². The third-order valence-corrected chi connectivity index (χ3v) is 5.17. The molecule has 3 N–H and O–H groups in total. The van der Waals surface area contributed by atoms with Crippen LogP contribution in [0.3, 0.4) is 0 Å². The van der Waals surface area contributed by atoms with Gasteiger partial charge in [-0.1, -0.05) is 25.1 Å². The minimum atomic E-state index is -3.65. The molecule has 2 aromatic rings. The highest BCUT2D eigenvalue weighted by atomic mass is 32.2. The number of benzene rings is 2. The van der Waals surface area contributed by atoms with E-state index in [1.54, 1.807) is 32.0 Å². The molecule has 0 aliphatic carbocycles. The molecule has 0 unspecified atom stereocenters. The molecule has 2 rings (SSSR count). The Morgan fingerprint density at radius 2 is 1.86 bits per heavy atom. The van der Waals surface area contributed by atoms with Crippen LogP contribution < -0.4 is 10.5 Å². The van der Waals surface area contributed by atoms with E-state index >= 15 is 0 Å². The Kier molecular flexibility index (Phi) is 4.23. The molecule has 0 fully saturated rings. The second-order valence-electron chi connectivity index (χ2n) is 5.09. The maximum Gasteiger partial charge on any atom is 0.262 e. The lowest BCUT2D eigenvalue weighted by atomic mass is 10.1. The molecule has 0 radical (unpaired) electrons. The van der Waals surface area contributed by atoms with Crippen molar-refractivity contribution in [2.24, 2.45) is 0 Å². The number of hydrogen-bond acceptors (Lipinski definition) is 3. The van der Waals surface area contributed by atoms with Crippen LogP contribution in [0.5, 0.6) is 0 Å². The van der Waals surface area contributed by atoms with E-state index in [2.05, 4.69) is 4.72 Å². The second-order valence-corrected chi connectivity index (χ2v) is 6.70. The molecule has 4 nitrogen and oxygen atoms in total. The maximum absolute atomic E-state index is 12.6. The number of rotatable bonds is 4. The van der Waals surface area contributed by atoms with Gasteiger partial charge in [0.15, 0.2) is 0 Å². The van der Waals surface area contributed by atoms with Crippen LogP contribution in [0.2, 0.25) is 0 Å². The minimum absolute atomic E-state index is 0.254. The van der Waals surface area contributed by atoms with E-state index in [0.29, 0.717) is 22.5 Å². The van der Waals surface area contributed by atoms with Gasteiger partial charge in [-0.25, -0.2) is 8.42 Å². The molecule has 0 aliphatic heterocycles. The van der Waals surface area contributed by atoms with Crippen LogP contribution in [0.25, 0.3) is 0 Å². The molecule has 2 aromatic carbocycles. The van der Waals surface area contributed by atoms with Gasteiger partial charge in [0.05, 0.1) is 4.90 Å². The number of aryl methyl sites for hydroxylation is 2. The molecule has 0 amide bonds. The molecule has 112 valence electrons. The summed E-state index contributed by atoms with van der Waals surface area (Å²) in [7, 11) is -3.65. The highest BCUT2D eigenvalue weighted by Crippen LogP contribution is 2.27. The maximum atomic E-state index is 12.6. The molecule has 0 heterocycles. The van der Waals surface area contributed by atoms with E-state index in [1.165, 1.54) is 0 Å². The number of nitrogens with one attached hydrogen (secondary N) is 1. The summed E-state index contributed by atoms with van der Waals surface area (Å²) in [6.45, 7) is 5.52. The lowest BCUT2D eigenvalue weighted by Crippen LogP contribution is -2.16. The number of hydrogen-bond donors (Lipinski definition) is 2. The van der Waals surface area contributed by atoms with Crippen LogP contribution in [0.4, 0.5) is 11.4 Å². The second kappa shape index (κ2) is 5.77. The molecule has 0 aromatic heterocycles. The first kappa shape index (κ1) is 15.4. The van der Waals surface area contributed by atoms with Crippen molar-refractivity contribution in [1.29, 1.82) is 0 Å². The van der Waals surface area contributed by atoms with Crippen LogP contribution in [0.1, 0.15) is 23.6 Å². The van der Waals surface area contributed by atoms with Crippen molar-refractivity contribution >= 4 is 21.4 Å². The molecule has 5 heteroatoms. The summed E-state index contributed by atoms with van der Waals surface area (Å²) in [6.07, 6.45) is 0.853. The molecular weight excluding hydrogens is 284 g/mol. The first-order valence-corrected chi connectivity index (χ1v) is 8.31. The van der Waals surface area contributed by atoms with Crippen LogP contribution in [-0.4, -0.2) is 8.42 Å². The number of nitrogen functional groups attached to an aromatic ring is 1. The van der Waals surface area contributed by atoms with Gasteiger partial charge in [0.2, 0.25) is 0 Å². The van der Waals surface area contributed by atoms with Gasteiger partial charge in [0.1, 0.15) is 0 Å². The van der Waals surface area contributed by atoms with Crippen molar-refractivity contribution in [3.8, 4) is 0 Å². The average molecular weight is 304 g/mol. The zero-order valence-corrected chi connectivity index (χ0v) is 13.3. The Morgan fingerprint density at radius 1 is 1.14 bits per heavy atom. The molecule has 0 saturated heterocycles. The smallest absolute Gasteiger partial charge is 0.262 e. The highest BCUT2D eigenvalue weighted by molar-refractivity contribution is 7.92. The van der Waals surface area contributed by atoms with Gasteiger partial charge in [0.25, 0.3) is 10.0 Å². The first-order chi connectivity index (χ1) is 9.85. The monoisotopic (exact) mass is 304 g/mol. The Morgan fingerprint density at radius 3 is 2.52 bits per heavy atom. The third kappa shape index (κ3) is 3.19. The van der Waals surface area contributed by atoms with Crippen LogP contribution in [0, 0.1) is 13.8 Å². The van der Waals surface area contributed by atoms with Crippen LogP contribution >= 0.6 is 0 Å². The Bertz CT molecular complexity index is 768. The summed E-state index contributed by atoms with van der Waals surface area (Å²) in [5, 5.41) is 0. The van der Waals surface area contributed by atoms with Gasteiger partial charge in [0, 0.05) is 11.4 Å². The van der Waals surface area contributed by atoms with Crippen LogP contribution in [0.15, 0.2) is 41.3 Å². The summed E-state index contributed by atoms with van der Waals surface area (Å²) < 4.78 is 27.9. The van der Waals surface area contributed by atoms with Crippen molar-refractivity contribution in [2.75, 3.05) is 10.5 Å². The Balaban J connectivity index is 2.46. The first-order valence-electron chi connectivity index (χ1n) is 6.82. The molecule has 0 atom stereocenters. The van der Waals surface area contributed by atoms with Gasteiger partial charge in [-0.05, 0) is 55.2 Å². The quantitative estimate of drug-likeness (QED) is 0.852. The largest absolute Gasteiger partial charge is 0.398 e. The van der Waals surface area contributed by atoms with Crippen molar-refractivity contribution in [2.45, 2.75) is 32.1 Å². The minimum Gasteiger partial charge on any atom is -0.398 e. The highest BCUT2D eigenvalue weighted by Gasteiger charge is 2.21. The number of nitrogens with two attached hydrogens (primary N) is 1. The van der Waals surface area contributed by atoms with Crippen molar-refractivity contribution < 1.29 is 8.42 Å². The Labute approximate surface area is 126 Å². The topological polar surface area (TPSA) is 72.2 Å². The fraction of sp³-hybridized carbons (Fsp3) is 0.250. The van der Waals surface area contributed by atoms with E-state index in [4.69, 9.17) is 5.73 Å². The molecule has 0 spiro atoms. The van der Waals surface area contributed by atoms with E-state index in [0.717, 1.165) is 12.0 Å². The van der Waals surface area contributed by atoms with Gasteiger partial charge < -0.3 is 5.73 Å². The predicted molar refractivity (Wildman–Crippen MR) is 87.0 cm³/mol. The van der Waals surface area contributed by atoms with Gasteiger partial charge in [-0.3, -0.25) is 4.72 Å². The van der Waals surface area contributed by atoms with Crippen molar-refractivity contribution in [1.82, 2.24) is 0 Å². The summed E-state index contributed by atoms with van der Waals surface area (Å²) in [4.78, 5) is 0.254. The fourth-order valence-electron chi connectivity index (χ4n) is 2.32. The van der Waals surface area contributed by atoms with Gasteiger partial charge in [-0.15, -0.1) is 0 Å².